The maximum absolute atomic E-state index is 12.9. The number of anilines is 2. The molecule has 2 unspecified atom stereocenters. The lowest BCUT2D eigenvalue weighted by Gasteiger charge is -2.35. The van der Waals surface area contributed by atoms with Gasteiger partial charge in [-0.2, -0.15) is 11.8 Å². The van der Waals surface area contributed by atoms with Crippen LogP contribution in [0.25, 0.3) is 21.6 Å². The molecule has 38 heavy (non-hydrogen) atoms. The molecule has 6 rings (SSSR count). The highest BCUT2D eigenvalue weighted by molar-refractivity contribution is 8.00. The number of nitrogen functional groups attached to an aromatic ring is 1. The second kappa shape index (κ2) is 11.1. The van der Waals surface area contributed by atoms with Crippen molar-refractivity contribution in [2.45, 2.75) is 18.2 Å². The molecule has 0 aliphatic carbocycles. The third-order valence-corrected chi connectivity index (χ3v) is 9.67. The maximum atomic E-state index is 12.9. The van der Waals surface area contributed by atoms with Crippen molar-refractivity contribution in [1.82, 2.24) is 29.7 Å². The van der Waals surface area contributed by atoms with Crippen molar-refractivity contribution in [3.05, 3.63) is 23.3 Å². The van der Waals surface area contributed by atoms with Gasteiger partial charge < -0.3 is 25.1 Å². The number of thioether (sulfide) groups is 1. The minimum Gasteiger partial charge on any atom is -0.378 e. The highest BCUT2D eigenvalue weighted by atomic mass is 32.2. The summed E-state index contributed by atoms with van der Waals surface area (Å²) in [6.07, 6.45) is 4.96. The molecule has 0 aromatic carbocycles. The fourth-order valence-electron chi connectivity index (χ4n) is 5.14. The Bertz CT molecular complexity index is 1310. The van der Waals surface area contributed by atoms with E-state index in [9.17, 15) is 9.59 Å². The molecule has 3 aromatic rings. The first-order valence-corrected chi connectivity index (χ1v) is 14.7. The van der Waals surface area contributed by atoms with E-state index in [0.717, 1.165) is 79.5 Å². The third-order valence-electron chi connectivity index (χ3n) is 7.24. The van der Waals surface area contributed by atoms with Crippen molar-refractivity contribution in [2.24, 2.45) is 5.92 Å². The predicted octanol–water partition coefficient (Wildman–Crippen LogP) is 1.53. The van der Waals surface area contributed by atoms with Gasteiger partial charge >= 0.3 is 0 Å². The van der Waals surface area contributed by atoms with Crippen molar-refractivity contribution in [1.29, 1.82) is 0 Å². The lowest BCUT2D eigenvalue weighted by atomic mass is 10.0. The van der Waals surface area contributed by atoms with Crippen LogP contribution in [0.1, 0.15) is 11.3 Å². The highest BCUT2D eigenvalue weighted by Gasteiger charge is 2.34. The molecule has 11 nitrogen and oxygen atoms in total. The van der Waals surface area contributed by atoms with Gasteiger partial charge in [-0.05, 0) is 12.5 Å². The van der Waals surface area contributed by atoms with Crippen LogP contribution in [0.2, 0.25) is 0 Å². The quantitative estimate of drug-likeness (QED) is 0.445. The van der Waals surface area contributed by atoms with Crippen LogP contribution in [0, 0.1) is 5.92 Å². The van der Waals surface area contributed by atoms with Crippen molar-refractivity contribution >= 4 is 57.3 Å². The first-order chi connectivity index (χ1) is 18.6. The summed E-state index contributed by atoms with van der Waals surface area (Å²) in [7, 11) is 0. The van der Waals surface area contributed by atoms with Gasteiger partial charge in [-0.25, -0.2) is 19.9 Å². The molecule has 0 bridgehead atoms. The highest BCUT2D eigenvalue weighted by Crippen LogP contribution is 2.35. The largest absolute Gasteiger partial charge is 0.378 e. The van der Waals surface area contributed by atoms with Crippen molar-refractivity contribution < 1.29 is 14.3 Å². The van der Waals surface area contributed by atoms with Gasteiger partial charge in [-0.3, -0.25) is 9.69 Å². The van der Waals surface area contributed by atoms with Crippen LogP contribution >= 0.6 is 23.1 Å². The zero-order valence-corrected chi connectivity index (χ0v) is 22.6. The fraction of sp³-hybridized carbons (Fsp3) is 0.520. The van der Waals surface area contributed by atoms with Gasteiger partial charge in [0.1, 0.15) is 6.29 Å². The summed E-state index contributed by atoms with van der Waals surface area (Å²) in [5.41, 5.74) is 7.31. The number of aromatic nitrogens is 4. The number of carbonyl (C=O) groups excluding carboxylic acids is 2. The minimum atomic E-state index is -0.0308. The average Bonchev–Trinajstić information content (AvgIpc) is 3.60. The van der Waals surface area contributed by atoms with Crippen molar-refractivity contribution in [2.75, 3.05) is 68.9 Å². The zero-order valence-electron chi connectivity index (χ0n) is 21.0. The summed E-state index contributed by atoms with van der Waals surface area (Å²) in [4.78, 5) is 49.9. The standard InChI is InChI=1S/C25H30N8O3S2/c26-25-27-11-17(12-28-25)22-29-20-10-18(38-21(20)23(30-22)32-5-7-36-8-6-32)13-31-1-3-33(4-2-31)24(35)16-9-19(14-34)37-15-16/h10-12,14,16,19H,1-9,13,15H2,(H2,26,27,28). The number of nitrogens with two attached hydrogens (primary N) is 1. The minimum absolute atomic E-state index is 0.0258. The number of nitrogens with zero attached hydrogens (tertiary/aromatic N) is 7. The van der Waals surface area contributed by atoms with Crippen LogP contribution in [0.4, 0.5) is 11.8 Å². The van der Waals surface area contributed by atoms with Crippen LogP contribution in [0.3, 0.4) is 0 Å². The topological polar surface area (TPSA) is 131 Å². The molecule has 2 N–H and O–H groups in total. The summed E-state index contributed by atoms with van der Waals surface area (Å²) in [6.45, 7) is 6.79. The SMILES string of the molecule is Nc1ncc(-c2nc(N3CCOCC3)c3sc(CN4CCN(C(=O)C5CSC(C=O)C5)CC4)cc3n2)cn1. The third kappa shape index (κ3) is 5.33. The summed E-state index contributed by atoms with van der Waals surface area (Å²) >= 11 is 3.33. The Labute approximate surface area is 228 Å². The maximum Gasteiger partial charge on any atom is 0.226 e. The van der Waals surface area contributed by atoms with Gasteiger partial charge in [-0.1, -0.05) is 0 Å². The lowest BCUT2D eigenvalue weighted by Crippen LogP contribution is -2.50. The van der Waals surface area contributed by atoms with Gasteiger partial charge in [0.25, 0.3) is 0 Å². The van der Waals surface area contributed by atoms with E-state index in [1.165, 1.54) is 4.88 Å². The Balaban J connectivity index is 1.18. The molecule has 1 amide bonds. The molecule has 2 atom stereocenters. The fourth-order valence-corrected chi connectivity index (χ4v) is 7.50. The molecule has 6 heterocycles. The van der Waals surface area contributed by atoms with E-state index in [2.05, 4.69) is 25.8 Å². The number of hydrogen-bond donors (Lipinski definition) is 1. The van der Waals surface area contributed by atoms with E-state index in [1.807, 2.05) is 4.90 Å². The molecule has 3 aromatic heterocycles. The number of amides is 1. The molecule has 13 heteroatoms. The molecule has 3 saturated heterocycles. The number of thiophene rings is 1. The Kier molecular flexibility index (Phi) is 7.41. The Morgan fingerprint density at radius 1 is 1.11 bits per heavy atom. The van der Waals surface area contributed by atoms with Crippen LogP contribution in [-0.4, -0.2) is 105 Å². The number of ether oxygens (including phenoxy) is 1. The molecule has 0 saturated carbocycles. The van der Waals surface area contributed by atoms with E-state index >= 15 is 0 Å². The predicted molar refractivity (Wildman–Crippen MR) is 148 cm³/mol. The number of aldehydes is 1. The van der Waals surface area contributed by atoms with Crippen LogP contribution in [0.15, 0.2) is 18.5 Å². The Hall–Kier alpha value is -2.87. The molecular formula is C25H30N8O3S2. The molecule has 3 aliphatic rings. The van der Waals surface area contributed by atoms with Crippen LogP contribution < -0.4 is 10.6 Å². The van der Waals surface area contributed by atoms with Gasteiger partial charge in [-0.15, -0.1) is 11.3 Å². The number of carbonyl (C=O) groups is 2. The Morgan fingerprint density at radius 2 is 1.87 bits per heavy atom. The second-order valence-electron chi connectivity index (χ2n) is 9.77. The number of rotatable bonds is 6. The molecule has 0 radical (unpaired) electrons. The van der Waals surface area contributed by atoms with Gasteiger partial charge in [0.05, 0.1) is 34.2 Å². The van der Waals surface area contributed by atoms with Crippen LogP contribution in [0.5, 0.6) is 0 Å². The van der Waals surface area contributed by atoms with Crippen molar-refractivity contribution in [3.8, 4) is 11.4 Å². The summed E-state index contributed by atoms with van der Waals surface area (Å²) in [5, 5.41) is -0.0308. The summed E-state index contributed by atoms with van der Waals surface area (Å²) in [5.74, 6) is 2.64. The molecular weight excluding hydrogens is 524 g/mol. The van der Waals surface area contributed by atoms with Crippen molar-refractivity contribution in [3.63, 3.8) is 0 Å². The second-order valence-corrected chi connectivity index (χ2v) is 12.2. The lowest BCUT2D eigenvalue weighted by molar-refractivity contribution is -0.136. The van der Waals surface area contributed by atoms with E-state index in [4.69, 9.17) is 20.4 Å². The number of fused-ring (bicyclic) bond motifs is 1. The molecule has 200 valence electrons. The normalized spacial score (nSPS) is 22.7. The van der Waals surface area contributed by atoms with E-state index < -0.39 is 0 Å². The number of morpholine rings is 1. The Morgan fingerprint density at radius 3 is 2.58 bits per heavy atom. The first-order valence-electron chi connectivity index (χ1n) is 12.9. The molecule has 0 spiro atoms. The van der Waals surface area contributed by atoms with Gasteiger partial charge in [0.15, 0.2) is 11.6 Å². The smallest absolute Gasteiger partial charge is 0.226 e. The van der Waals surface area contributed by atoms with E-state index in [-0.39, 0.29) is 23.0 Å². The molecule has 3 aliphatic heterocycles. The van der Waals surface area contributed by atoms with Gasteiger partial charge in [0, 0.05) is 74.8 Å². The van der Waals surface area contributed by atoms with Crippen LogP contribution in [-0.2, 0) is 20.9 Å². The summed E-state index contributed by atoms with van der Waals surface area (Å²) < 4.78 is 6.64. The average molecular weight is 555 g/mol. The van der Waals surface area contributed by atoms with E-state index in [1.54, 1.807) is 35.5 Å². The van der Waals surface area contributed by atoms with Gasteiger partial charge in [0.2, 0.25) is 11.9 Å². The molecule has 3 fully saturated rings. The summed E-state index contributed by atoms with van der Waals surface area (Å²) in [6, 6.07) is 2.15. The number of hydrogen-bond acceptors (Lipinski definition) is 12. The first kappa shape index (κ1) is 25.4. The zero-order chi connectivity index (χ0) is 26.1. The monoisotopic (exact) mass is 554 g/mol. The van der Waals surface area contributed by atoms with E-state index in [0.29, 0.717) is 25.5 Å². The number of piperazine rings is 1.